The maximum absolute atomic E-state index is 13.2. The highest BCUT2D eigenvalue weighted by Gasteiger charge is 2.44. The Morgan fingerprint density at radius 2 is 1.82 bits per heavy atom. The van der Waals surface area contributed by atoms with Crippen LogP contribution in [-0.2, 0) is 11.7 Å². The summed E-state index contributed by atoms with van der Waals surface area (Å²) in [6.45, 7) is 0.444. The van der Waals surface area contributed by atoms with E-state index in [9.17, 15) is 17.6 Å². The van der Waals surface area contributed by atoms with E-state index in [0.29, 0.717) is 0 Å². The first kappa shape index (κ1) is 14.2. The minimum absolute atomic E-state index is 0. The molecule has 1 aliphatic heterocycles. The normalized spacial score (nSPS) is 18.2. The van der Waals surface area contributed by atoms with E-state index >= 15 is 0 Å². The molecule has 0 radical (unpaired) electrons. The summed E-state index contributed by atoms with van der Waals surface area (Å²) in [6.07, 6.45) is -4.72. The number of benzene rings is 1. The highest BCUT2D eigenvalue weighted by Crippen LogP contribution is 2.38. The molecule has 0 spiro atoms. The zero-order valence-electron chi connectivity index (χ0n) is 8.64. The van der Waals surface area contributed by atoms with E-state index in [2.05, 4.69) is 5.32 Å². The topological polar surface area (TPSA) is 38.0 Å². The van der Waals surface area contributed by atoms with Crippen molar-refractivity contribution in [2.45, 2.75) is 11.7 Å². The number of halogens is 5. The van der Waals surface area contributed by atoms with Crippen LogP contribution in [0.1, 0.15) is 11.1 Å². The second kappa shape index (κ2) is 4.44. The molecule has 17 heavy (non-hydrogen) atoms. The molecule has 1 saturated heterocycles. The summed E-state index contributed by atoms with van der Waals surface area (Å²) in [5, 5.41) is 2.78. The largest absolute Gasteiger partial charge is 0.419 e. The third kappa shape index (κ3) is 2.38. The van der Waals surface area contributed by atoms with Gasteiger partial charge < -0.3 is 11.1 Å². The van der Waals surface area contributed by atoms with Crippen LogP contribution in [0.5, 0.6) is 0 Å². The number of alkyl halides is 3. The molecule has 7 heteroatoms. The lowest BCUT2D eigenvalue weighted by Gasteiger charge is -2.40. The molecule has 1 fully saturated rings. The molecule has 2 rings (SSSR count). The second-order valence-electron chi connectivity index (χ2n) is 3.92. The minimum atomic E-state index is -4.72. The molecule has 1 heterocycles. The first-order valence-corrected chi connectivity index (χ1v) is 4.70. The monoisotopic (exact) mass is 270 g/mol. The molecule has 2 nitrogen and oxygen atoms in total. The van der Waals surface area contributed by atoms with Gasteiger partial charge in [-0.3, -0.25) is 0 Å². The molecule has 1 aromatic rings. The molecule has 96 valence electrons. The summed E-state index contributed by atoms with van der Waals surface area (Å²) in [6, 6.07) is 3.27. The molecular formula is C10H11ClF4N2. The number of nitrogens with two attached hydrogens (primary N) is 1. The van der Waals surface area contributed by atoms with E-state index in [1.807, 2.05) is 0 Å². The molecule has 0 saturated carbocycles. The quantitative estimate of drug-likeness (QED) is 0.767. The van der Waals surface area contributed by atoms with Gasteiger partial charge in [0.1, 0.15) is 5.82 Å². The Morgan fingerprint density at radius 1 is 1.24 bits per heavy atom. The van der Waals surface area contributed by atoms with Gasteiger partial charge in [0, 0.05) is 13.1 Å². The fourth-order valence-corrected chi connectivity index (χ4v) is 1.81. The number of hydrogen-bond donors (Lipinski definition) is 2. The number of hydrogen-bond acceptors (Lipinski definition) is 2. The van der Waals surface area contributed by atoms with E-state index in [4.69, 9.17) is 5.73 Å². The van der Waals surface area contributed by atoms with Crippen LogP contribution in [-0.4, -0.2) is 13.1 Å². The molecule has 0 aromatic heterocycles. The zero-order valence-corrected chi connectivity index (χ0v) is 9.46. The molecule has 0 unspecified atom stereocenters. The Bertz CT molecular complexity index is 415. The van der Waals surface area contributed by atoms with Gasteiger partial charge in [-0.15, -0.1) is 12.4 Å². The Morgan fingerprint density at radius 3 is 2.24 bits per heavy atom. The van der Waals surface area contributed by atoms with Crippen LogP contribution in [0.25, 0.3) is 0 Å². The third-order valence-corrected chi connectivity index (χ3v) is 2.71. The standard InChI is InChI=1S/C10H10F4N2.ClH/c11-7-3-1-2-6(8(7)10(12,13)14)9(15)4-16-5-9;/h1-3,16H,4-5,15H2;1H. The molecule has 3 N–H and O–H groups in total. The van der Waals surface area contributed by atoms with Gasteiger partial charge in [-0.2, -0.15) is 13.2 Å². The first-order chi connectivity index (χ1) is 7.34. The van der Waals surface area contributed by atoms with Gasteiger partial charge in [0.2, 0.25) is 0 Å². The van der Waals surface area contributed by atoms with Crippen LogP contribution < -0.4 is 11.1 Å². The van der Waals surface area contributed by atoms with E-state index in [1.54, 1.807) is 0 Å². The maximum atomic E-state index is 13.2. The van der Waals surface area contributed by atoms with Crippen molar-refractivity contribution >= 4 is 12.4 Å². The smallest absolute Gasteiger partial charge is 0.319 e. The van der Waals surface area contributed by atoms with Crippen LogP contribution in [0.15, 0.2) is 18.2 Å². The van der Waals surface area contributed by atoms with Gasteiger partial charge in [0.05, 0.1) is 11.1 Å². The molecule has 0 amide bonds. The molecular weight excluding hydrogens is 260 g/mol. The van der Waals surface area contributed by atoms with Gasteiger partial charge in [-0.25, -0.2) is 4.39 Å². The van der Waals surface area contributed by atoms with Crippen molar-refractivity contribution in [3.63, 3.8) is 0 Å². The minimum Gasteiger partial charge on any atom is -0.319 e. The van der Waals surface area contributed by atoms with E-state index in [-0.39, 0.29) is 31.1 Å². The second-order valence-corrected chi connectivity index (χ2v) is 3.92. The van der Waals surface area contributed by atoms with Gasteiger partial charge in [-0.05, 0) is 11.6 Å². The third-order valence-electron chi connectivity index (χ3n) is 2.71. The predicted octanol–water partition coefficient (Wildman–Crippen LogP) is 2.02. The first-order valence-electron chi connectivity index (χ1n) is 4.70. The van der Waals surface area contributed by atoms with Crippen molar-refractivity contribution < 1.29 is 17.6 Å². The Labute approximate surface area is 102 Å². The average Bonchev–Trinajstić information content (AvgIpc) is 2.11. The zero-order chi connectivity index (χ0) is 12.0. The van der Waals surface area contributed by atoms with Crippen molar-refractivity contribution in [3.8, 4) is 0 Å². The van der Waals surface area contributed by atoms with Crippen molar-refractivity contribution in [1.29, 1.82) is 0 Å². The summed E-state index contributed by atoms with van der Waals surface area (Å²) in [7, 11) is 0. The van der Waals surface area contributed by atoms with Crippen LogP contribution >= 0.6 is 12.4 Å². The van der Waals surface area contributed by atoms with Crippen molar-refractivity contribution in [2.75, 3.05) is 13.1 Å². The van der Waals surface area contributed by atoms with Crippen molar-refractivity contribution in [2.24, 2.45) is 5.73 Å². The maximum Gasteiger partial charge on any atom is 0.419 e. The van der Waals surface area contributed by atoms with Crippen LogP contribution in [0.4, 0.5) is 17.6 Å². The van der Waals surface area contributed by atoms with Crippen LogP contribution in [0.2, 0.25) is 0 Å². The average molecular weight is 271 g/mol. The summed E-state index contributed by atoms with van der Waals surface area (Å²) in [4.78, 5) is 0. The van der Waals surface area contributed by atoms with Gasteiger partial charge >= 0.3 is 6.18 Å². The van der Waals surface area contributed by atoms with Crippen molar-refractivity contribution in [1.82, 2.24) is 5.32 Å². The Balaban J connectivity index is 0.00000144. The molecule has 0 atom stereocenters. The summed E-state index contributed by atoms with van der Waals surface area (Å²) < 4.78 is 51.3. The summed E-state index contributed by atoms with van der Waals surface area (Å²) in [5.74, 6) is -1.28. The Hall–Kier alpha value is -0.850. The number of nitrogens with one attached hydrogen (secondary N) is 1. The molecule has 0 aliphatic carbocycles. The summed E-state index contributed by atoms with van der Waals surface area (Å²) >= 11 is 0. The SMILES string of the molecule is Cl.NC1(c2cccc(F)c2C(F)(F)F)CNC1. The fourth-order valence-electron chi connectivity index (χ4n) is 1.81. The van der Waals surface area contributed by atoms with Crippen LogP contribution in [0, 0.1) is 5.82 Å². The lowest BCUT2D eigenvalue weighted by molar-refractivity contribution is -0.141. The van der Waals surface area contributed by atoms with Crippen LogP contribution in [0.3, 0.4) is 0 Å². The van der Waals surface area contributed by atoms with Gasteiger partial charge in [0.15, 0.2) is 0 Å². The lowest BCUT2D eigenvalue weighted by Crippen LogP contribution is -2.63. The molecule has 1 aliphatic rings. The summed E-state index contributed by atoms with van der Waals surface area (Å²) in [5.41, 5.74) is 3.21. The van der Waals surface area contributed by atoms with Gasteiger partial charge in [-0.1, -0.05) is 12.1 Å². The van der Waals surface area contributed by atoms with E-state index < -0.39 is 23.1 Å². The lowest BCUT2D eigenvalue weighted by atomic mass is 9.82. The highest BCUT2D eigenvalue weighted by molar-refractivity contribution is 5.85. The van der Waals surface area contributed by atoms with Gasteiger partial charge in [0.25, 0.3) is 0 Å². The van der Waals surface area contributed by atoms with Crippen molar-refractivity contribution in [3.05, 3.63) is 35.1 Å². The fraction of sp³-hybridized carbons (Fsp3) is 0.400. The highest BCUT2D eigenvalue weighted by atomic mass is 35.5. The number of rotatable bonds is 1. The molecule has 0 bridgehead atoms. The Kier molecular flexibility index (Phi) is 3.71. The molecule has 1 aromatic carbocycles. The van der Waals surface area contributed by atoms with E-state index in [0.717, 1.165) is 6.07 Å². The van der Waals surface area contributed by atoms with E-state index in [1.165, 1.54) is 12.1 Å². The predicted molar refractivity (Wildman–Crippen MR) is 57.4 cm³/mol.